The van der Waals surface area contributed by atoms with Crippen molar-refractivity contribution in [2.24, 2.45) is 0 Å². The van der Waals surface area contributed by atoms with Crippen molar-refractivity contribution in [2.75, 3.05) is 44.3 Å². The molecule has 2 unspecified atom stereocenters. The topological polar surface area (TPSA) is 99.5 Å². The monoisotopic (exact) mass is 565 g/mol. The van der Waals surface area contributed by atoms with Crippen LogP contribution < -0.4 is 10.3 Å². The van der Waals surface area contributed by atoms with Crippen LogP contribution in [0.15, 0.2) is 53.5 Å². The van der Waals surface area contributed by atoms with Crippen molar-refractivity contribution < 1.29 is 32.9 Å². The molecule has 41 heavy (non-hydrogen) atoms. The number of piperazine rings is 1. The second kappa shape index (κ2) is 11.5. The van der Waals surface area contributed by atoms with Crippen molar-refractivity contribution in [1.82, 2.24) is 9.47 Å². The molecule has 1 aliphatic carbocycles. The lowest BCUT2D eigenvalue weighted by atomic mass is 10.1. The van der Waals surface area contributed by atoms with Crippen molar-refractivity contribution in [3.05, 3.63) is 75.8 Å². The van der Waals surface area contributed by atoms with Crippen LogP contribution in [0.4, 0.5) is 14.9 Å². The molecule has 2 saturated heterocycles. The van der Waals surface area contributed by atoms with E-state index in [1.807, 2.05) is 39.8 Å². The minimum atomic E-state index is -0.769. The van der Waals surface area contributed by atoms with Gasteiger partial charge < -0.3 is 33.3 Å². The zero-order valence-electron chi connectivity index (χ0n) is 22.8. The Morgan fingerprint density at radius 2 is 1.80 bits per heavy atom. The van der Waals surface area contributed by atoms with E-state index in [4.69, 9.17) is 18.9 Å². The number of rotatable bonds is 7. The number of hydrogen-bond donors (Lipinski definition) is 0. The quantitative estimate of drug-likeness (QED) is 0.399. The van der Waals surface area contributed by atoms with Gasteiger partial charge in [0, 0.05) is 43.8 Å². The predicted octanol–water partition coefficient (Wildman–Crippen LogP) is 3.85. The first-order valence-electron chi connectivity index (χ1n) is 13.9. The molecule has 3 fully saturated rings. The van der Waals surface area contributed by atoms with Gasteiger partial charge in [-0.2, -0.15) is 0 Å². The van der Waals surface area contributed by atoms with Crippen molar-refractivity contribution >= 4 is 28.7 Å². The molecule has 2 aromatic carbocycles. The molecular formula is C30H32FN3O7. The van der Waals surface area contributed by atoms with Gasteiger partial charge in [-0.1, -0.05) is 30.3 Å². The highest BCUT2D eigenvalue weighted by atomic mass is 19.1. The first-order chi connectivity index (χ1) is 19.9. The van der Waals surface area contributed by atoms with Crippen LogP contribution in [0.1, 0.15) is 41.7 Å². The fourth-order valence-electron chi connectivity index (χ4n) is 5.27. The predicted molar refractivity (Wildman–Crippen MR) is 147 cm³/mol. The average molecular weight is 566 g/mol. The first-order valence-corrected chi connectivity index (χ1v) is 13.9. The molecule has 3 aliphatic rings. The van der Waals surface area contributed by atoms with E-state index in [0.717, 1.165) is 18.4 Å². The van der Waals surface area contributed by atoms with Crippen LogP contribution in [-0.2, 0) is 25.6 Å². The molecule has 0 bridgehead atoms. The molecule has 1 amide bonds. The fraction of sp³-hybridized carbons (Fsp3) is 0.433. The number of ether oxygens (including phenoxy) is 4. The molecule has 216 valence electrons. The number of amides is 1. The Bertz CT molecular complexity index is 1500. The molecule has 3 aromatic rings. The molecule has 0 radical (unpaired) electrons. The molecule has 2 aliphatic heterocycles. The van der Waals surface area contributed by atoms with Gasteiger partial charge in [-0.05, 0) is 37.5 Å². The lowest BCUT2D eigenvalue weighted by molar-refractivity contribution is -0.0536. The smallest absolute Gasteiger partial charge is 0.410 e. The highest BCUT2D eigenvalue weighted by Gasteiger charge is 2.30. The number of benzene rings is 2. The highest BCUT2D eigenvalue weighted by Crippen LogP contribution is 2.38. The van der Waals surface area contributed by atoms with E-state index in [1.54, 1.807) is 17.9 Å². The second-order valence-corrected chi connectivity index (χ2v) is 10.6. The van der Waals surface area contributed by atoms with Gasteiger partial charge in [0.2, 0.25) is 5.43 Å². The van der Waals surface area contributed by atoms with Gasteiger partial charge in [0.05, 0.1) is 17.8 Å². The summed E-state index contributed by atoms with van der Waals surface area (Å²) in [5, 5.41) is 0.129. The SMILES string of the molecule is CC1OCC(COC(=O)c2cn(C3CC3)c3cc(N4CCN(C(=O)OCc5ccccc5)CC4)c(F)cc3c2=O)O1. The number of nitrogens with zero attached hydrogens (tertiary/aromatic N) is 3. The minimum absolute atomic E-state index is 0.0385. The number of hydrogen-bond acceptors (Lipinski definition) is 8. The number of halogens is 1. The van der Waals surface area contributed by atoms with E-state index in [1.165, 1.54) is 12.3 Å². The summed E-state index contributed by atoms with van der Waals surface area (Å²) >= 11 is 0. The largest absolute Gasteiger partial charge is 0.459 e. The van der Waals surface area contributed by atoms with Crippen LogP contribution in [0, 0.1) is 5.82 Å². The summed E-state index contributed by atoms with van der Waals surface area (Å²) in [4.78, 5) is 42.2. The van der Waals surface area contributed by atoms with Crippen LogP contribution in [0.5, 0.6) is 0 Å². The molecular weight excluding hydrogens is 533 g/mol. The number of pyridine rings is 1. The van der Waals surface area contributed by atoms with Gasteiger partial charge in [0.25, 0.3) is 0 Å². The van der Waals surface area contributed by atoms with Gasteiger partial charge in [-0.25, -0.2) is 14.0 Å². The number of carbonyl (C=O) groups excluding carboxylic acids is 2. The normalized spacial score (nSPS) is 20.8. The zero-order chi connectivity index (χ0) is 28.5. The van der Waals surface area contributed by atoms with Crippen LogP contribution >= 0.6 is 0 Å². The molecule has 3 heterocycles. The molecule has 10 nitrogen and oxygen atoms in total. The van der Waals surface area contributed by atoms with Crippen LogP contribution in [0.3, 0.4) is 0 Å². The maximum atomic E-state index is 15.5. The lowest BCUT2D eigenvalue weighted by Crippen LogP contribution is -2.49. The third-order valence-electron chi connectivity index (χ3n) is 7.65. The van der Waals surface area contributed by atoms with Crippen molar-refractivity contribution in [3.8, 4) is 0 Å². The van der Waals surface area contributed by atoms with Crippen LogP contribution in [0.25, 0.3) is 10.9 Å². The van der Waals surface area contributed by atoms with Gasteiger partial charge in [0.1, 0.15) is 30.7 Å². The molecule has 2 atom stereocenters. The molecule has 0 spiro atoms. The lowest BCUT2D eigenvalue weighted by Gasteiger charge is -2.35. The Hall–Kier alpha value is -3.96. The Labute approximate surface area is 236 Å². The Morgan fingerprint density at radius 3 is 2.49 bits per heavy atom. The van der Waals surface area contributed by atoms with Gasteiger partial charge in [-0.3, -0.25) is 4.79 Å². The van der Waals surface area contributed by atoms with E-state index in [-0.39, 0.29) is 36.5 Å². The summed E-state index contributed by atoms with van der Waals surface area (Å²) in [6.45, 7) is 3.77. The van der Waals surface area contributed by atoms with Crippen molar-refractivity contribution in [3.63, 3.8) is 0 Å². The first kappa shape index (κ1) is 27.2. The summed E-state index contributed by atoms with van der Waals surface area (Å²) in [6, 6.07) is 12.5. The van der Waals surface area contributed by atoms with E-state index in [2.05, 4.69) is 0 Å². The summed E-state index contributed by atoms with van der Waals surface area (Å²) in [5.41, 5.74) is 1.12. The number of fused-ring (bicyclic) bond motifs is 1. The second-order valence-electron chi connectivity index (χ2n) is 10.6. The number of anilines is 1. The number of esters is 1. The Balaban J connectivity index is 1.17. The molecule has 1 saturated carbocycles. The van der Waals surface area contributed by atoms with Crippen LogP contribution in [-0.4, -0.2) is 73.3 Å². The maximum Gasteiger partial charge on any atom is 0.410 e. The standard InChI is InChI=1S/C30H32FN3O7/c1-19-38-17-22(41-19)18-39-29(36)24-15-34(21-7-8-21)26-14-27(25(31)13-23(26)28(24)35)32-9-11-33(12-10-32)30(37)40-16-20-5-3-2-4-6-20/h2-6,13-15,19,21-22H,7-12,16-18H2,1H3. The average Bonchev–Trinajstić information content (AvgIpc) is 3.75. The van der Waals surface area contributed by atoms with E-state index in [9.17, 15) is 14.4 Å². The maximum absolute atomic E-state index is 15.5. The van der Waals surface area contributed by atoms with Gasteiger partial charge >= 0.3 is 12.1 Å². The minimum Gasteiger partial charge on any atom is -0.459 e. The van der Waals surface area contributed by atoms with Crippen molar-refractivity contribution in [1.29, 1.82) is 0 Å². The summed E-state index contributed by atoms with van der Waals surface area (Å²) in [6.07, 6.45) is 2.14. The summed E-state index contributed by atoms with van der Waals surface area (Å²) in [5.74, 6) is -1.33. The molecule has 0 N–H and O–H groups in total. The zero-order valence-corrected chi connectivity index (χ0v) is 22.8. The number of aromatic nitrogens is 1. The number of carbonyl (C=O) groups is 2. The molecule has 11 heteroatoms. The van der Waals surface area contributed by atoms with Crippen molar-refractivity contribution in [2.45, 2.75) is 44.8 Å². The van der Waals surface area contributed by atoms with Gasteiger partial charge in [0.15, 0.2) is 6.29 Å². The highest BCUT2D eigenvalue weighted by molar-refractivity contribution is 5.94. The third-order valence-corrected chi connectivity index (χ3v) is 7.65. The fourth-order valence-corrected chi connectivity index (χ4v) is 5.27. The summed E-state index contributed by atoms with van der Waals surface area (Å²) < 4.78 is 39.0. The molecule has 6 rings (SSSR count). The Kier molecular flexibility index (Phi) is 7.63. The molecule has 1 aromatic heterocycles. The Morgan fingerprint density at radius 1 is 1.05 bits per heavy atom. The van der Waals surface area contributed by atoms with Crippen LogP contribution in [0.2, 0.25) is 0 Å². The van der Waals surface area contributed by atoms with E-state index in [0.29, 0.717) is 44.0 Å². The van der Waals surface area contributed by atoms with Gasteiger partial charge in [-0.15, -0.1) is 0 Å². The summed E-state index contributed by atoms with van der Waals surface area (Å²) in [7, 11) is 0. The third kappa shape index (κ3) is 5.91. The van der Waals surface area contributed by atoms with E-state index < -0.39 is 29.4 Å². The van der Waals surface area contributed by atoms with E-state index >= 15 is 4.39 Å².